The second-order valence-electron chi connectivity index (χ2n) is 4.61. The van der Waals surface area contributed by atoms with Crippen molar-refractivity contribution in [2.24, 2.45) is 0 Å². The third-order valence-electron chi connectivity index (χ3n) is 2.89. The number of anilines is 1. The van der Waals surface area contributed by atoms with E-state index in [1.807, 2.05) is 0 Å². The summed E-state index contributed by atoms with van der Waals surface area (Å²) in [5.74, 6) is -0.919. The largest absolute Gasteiger partial charge is 0.481 e. The number of nitro groups is 1. The van der Waals surface area contributed by atoms with Crippen LogP contribution in [0.3, 0.4) is 0 Å². The number of carbonyl (C=O) groups is 2. The van der Waals surface area contributed by atoms with Gasteiger partial charge in [0.05, 0.1) is 4.92 Å². The van der Waals surface area contributed by atoms with Crippen molar-refractivity contribution in [3.05, 3.63) is 33.9 Å². The Morgan fingerprint density at radius 1 is 1.43 bits per heavy atom. The molecule has 0 aliphatic rings. The van der Waals surface area contributed by atoms with E-state index < -0.39 is 16.9 Å². The van der Waals surface area contributed by atoms with E-state index in [2.05, 4.69) is 5.32 Å². The van der Waals surface area contributed by atoms with E-state index in [9.17, 15) is 19.7 Å². The number of urea groups is 1. The van der Waals surface area contributed by atoms with E-state index in [1.54, 1.807) is 19.1 Å². The maximum atomic E-state index is 11.9. The fourth-order valence-electron chi connectivity index (χ4n) is 1.67. The molecule has 0 radical (unpaired) electrons. The Morgan fingerprint density at radius 2 is 2.10 bits per heavy atom. The van der Waals surface area contributed by atoms with Crippen molar-refractivity contribution in [1.82, 2.24) is 4.90 Å². The van der Waals surface area contributed by atoms with Gasteiger partial charge in [0.15, 0.2) is 0 Å². The molecule has 1 aromatic rings. The maximum absolute atomic E-state index is 11.9. The molecular weight excluding hydrogens is 278 g/mol. The molecule has 0 bridgehead atoms. The number of nitrogens with zero attached hydrogens (tertiary/aromatic N) is 2. The number of carboxylic acids is 1. The normalized spacial score (nSPS) is 10.0. The third-order valence-corrected chi connectivity index (χ3v) is 2.89. The number of rotatable bonds is 6. The van der Waals surface area contributed by atoms with Crippen LogP contribution in [0.2, 0.25) is 0 Å². The van der Waals surface area contributed by atoms with Crippen LogP contribution in [0, 0.1) is 17.0 Å². The summed E-state index contributed by atoms with van der Waals surface area (Å²) in [6.45, 7) is 1.90. The highest BCUT2D eigenvalue weighted by Gasteiger charge is 2.14. The van der Waals surface area contributed by atoms with Gasteiger partial charge in [-0.05, 0) is 19.4 Å². The number of nitro benzene ring substituents is 1. The van der Waals surface area contributed by atoms with Crippen LogP contribution in [0.1, 0.15) is 18.4 Å². The number of aliphatic carboxylic acids is 1. The zero-order valence-corrected chi connectivity index (χ0v) is 11.8. The van der Waals surface area contributed by atoms with E-state index in [0.29, 0.717) is 17.7 Å². The minimum atomic E-state index is -0.919. The molecule has 21 heavy (non-hydrogen) atoms. The zero-order chi connectivity index (χ0) is 16.0. The fourth-order valence-corrected chi connectivity index (χ4v) is 1.67. The lowest BCUT2D eigenvalue weighted by molar-refractivity contribution is -0.385. The maximum Gasteiger partial charge on any atom is 0.321 e. The summed E-state index contributed by atoms with van der Waals surface area (Å²) in [6, 6.07) is 3.97. The summed E-state index contributed by atoms with van der Waals surface area (Å²) in [7, 11) is 1.53. The van der Waals surface area contributed by atoms with Gasteiger partial charge in [0, 0.05) is 37.3 Å². The molecule has 0 saturated carbocycles. The Hall–Kier alpha value is -2.64. The molecule has 0 spiro atoms. The smallest absolute Gasteiger partial charge is 0.321 e. The van der Waals surface area contributed by atoms with Gasteiger partial charge >= 0.3 is 12.0 Å². The standard InChI is InChI=1S/C13H17N3O5/c1-9-5-6-10(8-11(9)16(20)21)14-13(19)15(2)7-3-4-12(17)18/h5-6,8H,3-4,7H2,1-2H3,(H,14,19)(H,17,18). The number of benzene rings is 1. The van der Waals surface area contributed by atoms with Crippen molar-refractivity contribution >= 4 is 23.4 Å². The Labute approximate surface area is 121 Å². The van der Waals surface area contributed by atoms with E-state index in [1.165, 1.54) is 18.0 Å². The number of nitrogens with one attached hydrogen (secondary N) is 1. The SMILES string of the molecule is Cc1ccc(NC(=O)N(C)CCCC(=O)O)cc1[N+](=O)[O-]. The van der Waals surface area contributed by atoms with E-state index in [0.717, 1.165) is 0 Å². The van der Waals surface area contributed by atoms with Gasteiger partial charge in [-0.2, -0.15) is 0 Å². The minimum absolute atomic E-state index is 0.0202. The molecule has 1 rings (SSSR count). The summed E-state index contributed by atoms with van der Waals surface area (Å²) in [4.78, 5) is 33.9. The first-order valence-electron chi connectivity index (χ1n) is 6.30. The number of aryl methyl sites for hydroxylation is 1. The van der Waals surface area contributed by atoms with Crippen molar-refractivity contribution in [2.45, 2.75) is 19.8 Å². The molecule has 0 atom stereocenters. The number of carbonyl (C=O) groups excluding carboxylic acids is 1. The molecule has 0 aliphatic carbocycles. The van der Waals surface area contributed by atoms with Crippen LogP contribution in [0.25, 0.3) is 0 Å². The molecule has 2 amide bonds. The molecule has 0 aromatic heterocycles. The van der Waals surface area contributed by atoms with Gasteiger partial charge < -0.3 is 15.3 Å². The average molecular weight is 295 g/mol. The van der Waals surface area contributed by atoms with Crippen LogP contribution in [0.15, 0.2) is 18.2 Å². The van der Waals surface area contributed by atoms with Gasteiger partial charge in [0.25, 0.3) is 5.69 Å². The van der Waals surface area contributed by atoms with E-state index in [-0.39, 0.29) is 18.7 Å². The highest BCUT2D eigenvalue weighted by atomic mass is 16.6. The second-order valence-corrected chi connectivity index (χ2v) is 4.61. The van der Waals surface area contributed by atoms with Crippen molar-refractivity contribution < 1.29 is 19.6 Å². The lowest BCUT2D eigenvalue weighted by Gasteiger charge is -2.17. The molecule has 1 aromatic carbocycles. The van der Waals surface area contributed by atoms with E-state index >= 15 is 0 Å². The van der Waals surface area contributed by atoms with Crippen LogP contribution < -0.4 is 5.32 Å². The van der Waals surface area contributed by atoms with Gasteiger partial charge in [0.1, 0.15) is 0 Å². The van der Waals surface area contributed by atoms with Crippen LogP contribution in [-0.4, -0.2) is 40.5 Å². The highest BCUT2D eigenvalue weighted by Crippen LogP contribution is 2.22. The lowest BCUT2D eigenvalue weighted by Crippen LogP contribution is -2.32. The summed E-state index contributed by atoms with van der Waals surface area (Å²) in [5, 5.41) is 21.9. The summed E-state index contributed by atoms with van der Waals surface area (Å²) < 4.78 is 0. The Kier molecular flexibility index (Phi) is 5.65. The first-order valence-corrected chi connectivity index (χ1v) is 6.30. The molecule has 8 nitrogen and oxygen atoms in total. The Balaban J connectivity index is 2.64. The van der Waals surface area contributed by atoms with Crippen LogP contribution in [0.4, 0.5) is 16.2 Å². The van der Waals surface area contributed by atoms with E-state index in [4.69, 9.17) is 5.11 Å². The predicted octanol–water partition coefficient (Wildman–Crippen LogP) is 2.23. The van der Waals surface area contributed by atoms with Crippen molar-refractivity contribution in [1.29, 1.82) is 0 Å². The number of amides is 2. The number of hydrogen-bond acceptors (Lipinski definition) is 4. The number of hydrogen-bond donors (Lipinski definition) is 2. The molecule has 8 heteroatoms. The average Bonchev–Trinajstić information content (AvgIpc) is 2.40. The van der Waals surface area contributed by atoms with Crippen molar-refractivity contribution in [3.63, 3.8) is 0 Å². The van der Waals surface area contributed by atoms with Crippen molar-refractivity contribution in [2.75, 3.05) is 18.9 Å². The lowest BCUT2D eigenvalue weighted by atomic mass is 10.2. The summed E-state index contributed by atoms with van der Waals surface area (Å²) >= 11 is 0. The minimum Gasteiger partial charge on any atom is -0.481 e. The topological polar surface area (TPSA) is 113 Å². The summed E-state index contributed by atoms with van der Waals surface area (Å²) in [5.41, 5.74) is 0.761. The Bertz CT molecular complexity index is 559. The molecule has 0 aliphatic heterocycles. The Morgan fingerprint density at radius 3 is 2.67 bits per heavy atom. The van der Waals surface area contributed by atoms with Crippen LogP contribution in [-0.2, 0) is 4.79 Å². The van der Waals surface area contributed by atoms with Gasteiger partial charge in [-0.3, -0.25) is 14.9 Å². The molecule has 0 unspecified atom stereocenters. The first kappa shape index (κ1) is 16.4. The number of carboxylic acid groups (broad SMARTS) is 1. The first-order chi connectivity index (χ1) is 9.81. The molecule has 2 N–H and O–H groups in total. The molecule has 0 heterocycles. The monoisotopic (exact) mass is 295 g/mol. The van der Waals surface area contributed by atoms with Gasteiger partial charge in [-0.25, -0.2) is 4.79 Å². The molecular formula is C13H17N3O5. The zero-order valence-electron chi connectivity index (χ0n) is 11.8. The fraction of sp³-hybridized carbons (Fsp3) is 0.385. The molecule has 0 saturated heterocycles. The van der Waals surface area contributed by atoms with Crippen molar-refractivity contribution in [3.8, 4) is 0 Å². The van der Waals surface area contributed by atoms with Gasteiger partial charge in [-0.15, -0.1) is 0 Å². The van der Waals surface area contributed by atoms with Crippen LogP contribution >= 0.6 is 0 Å². The highest BCUT2D eigenvalue weighted by molar-refractivity contribution is 5.89. The molecule has 114 valence electrons. The second kappa shape index (κ2) is 7.22. The molecule has 0 fully saturated rings. The summed E-state index contributed by atoms with van der Waals surface area (Å²) in [6.07, 6.45) is 0.320. The van der Waals surface area contributed by atoms with Crippen LogP contribution in [0.5, 0.6) is 0 Å². The predicted molar refractivity (Wildman–Crippen MR) is 76.4 cm³/mol. The third kappa shape index (κ3) is 5.09. The quantitative estimate of drug-likeness (QED) is 0.617. The van der Waals surface area contributed by atoms with Gasteiger partial charge in [-0.1, -0.05) is 6.07 Å². The van der Waals surface area contributed by atoms with Gasteiger partial charge in [0.2, 0.25) is 0 Å².